The standard InChI is InChI=1S/C20H22ClF4N3O5/c1-3-32-17(30)4-5-19(2)9-13(27-33-19)10-6-14(12(22)7-11(10)21)28-16(29)8-15(20(23,24)25)26-18(28)31/h6-8,16,18,26,29,31H,3-5,9H2,1-2H3. The van der Waals surface area contributed by atoms with Crippen LogP contribution in [-0.2, 0) is 14.4 Å². The van der Waals surface area contributed by atoms with Crippen molar-refractivity contribution in [3.63, 3.8) is 0 Å². The van der Waals surface area contributed by atoms with Gasteiger partial charge in [0.05, 0.1) is 23.0 Å². The third-order valence-corrected chi connectivity index (χ3v) is 5.47. The van der Waals surface area contributed by atoms with E-state index in [1.807, 2.05) is 0 Å². The zero-order valence-corrected chi connectivity index (χ0v) is 18.4. The van der Waals surface area contributed by atoms with Gasteiger partial charge in [0.25, 0.3) is 0 Å². The molecule has 0 amide bonds. The zero-order chi connectivity index (χ0) is 24.6. The maximum atomic E-state index is 14.7. The average molecular weight is 496 g/mol. The highest BCUT2D eigenvalue weighted by Crippen LogP contribution is 2.37. The van der Waals surface area contributed by atoms with Crippen molar-refractivity contribution in [2.24, 2.45) is 5.16 Å². The molecule has 3 atom stereocenters. The Morgan fingerprint density at radius 3 is 2.73 bits per heavy atom. The summed E-state index contributed by atoms with van der Waals surface area (Å²) < 4.78 is 58.3. The number of nitrogens with zero attached hydrogens (tertiary/aromatic N) is 2. The van der Waals surface area contributed by atoms with Gasteiger partial charge in [-0.15, -0.1) is 0 Å². The summed E-state index contributed by atoms with van der Waals surface area (Å²) >= 11 is 6.17. The van der Waals surface area contributed by atoms with Crippen molar-refractivity contribution >= 4 is 29.0 Å². The fourth-order valence-electron chi connectivity index (χ4n) is 3.50. The summed E-state index contributed by atoms with van der Waals surface area (Å²) in [6, 6.07) is 2.04. The molecular weight excluding hydrogens is 474 g/mol. The number of nitrogens with one attached hydrogen (secondary N) is 1. The molecule has 1 aromatic rings. The third-order valence-electron chi connectivity index (χ3n) is 5.16. The van der Waals surface area contributed by atoms with E-state index in [1.165, 1.54) is 0 Å². The van der Waals surface area contributed by atoms with E-state index in [-0.39, 0.29) is 36.5 Å². The number of esters is 1. The van der Waals surface area contributed by atoms with Crippen molar-refractivity contribution in [1.29, 1.82) is 0 Å². The van der Waals surface area contributed by atoms with Gasteiger partial charge in [0.1, 0.15) is 17.1 Å². The van der Waals surface area contributed by atoms with E-state index < -0.39 is 47.5 Å². The largest absolute Gasteiger partial charge is 0.466 e. The van der Waals surface area contributed by atoms with Gasteiger partial charge in [-0.3, -0.25) is 9.69 Å². The van der Waals surface area contributed by atoms with Gasteiger partial charge in [-0.05, 0) is 32.1 Å². The first-order valence-electron chi connectivity index (χ1n) is 9.95. The van der Waals surface area contributed by atoms with E-state index in [0.29, 0.717) is 16.7 Å². The molecule has 0 aliphatic carbocycles. The van der Waals surface area contributed by atoms with Crippen LogP contribution in [0.5, 0.6) is 0 Å². The molecule has 0 bridgehead atoms. The van der Waals surface area contributed by atoms with Gasteiger partial charge in [0.2, 0.25) is 6.35 Å². The summed E-state index contributed by atoms with van der Waals surface area (Å²) in [6.07, 6.45) is -7.95. The highest BCUT2D eigenvalue weighted by molar-refractivity contribution is 6.34. The molecule has 33 heavy (non-hydrogen) atoms. The van der Waals surface area contributed by atoms with Crippen molar-refractivity contribution in [3.8, 4) is 0 Å². The molecule has 1 aromatic carbocycles. The minimum atomic E-state index is -4.85. The van der Waals surface area contributed by atoms with Crippen molar-refractivity contribution in [2.45, 2.75) is 57.5 Å². The molecule has 13 heteroatoms. The molecule has 3 rings (SSSR count). The smallest absolute Gasteiger partial charge is 0.430 e. The summed E-state index contributed by atoms with van der Waals surface area (Å²) in [7, 11) is 0. The average Bonchev–Trinajstić information content (AvgIpc) is 3.09. The predicted molar refractivity (Wildman–Crippen MR) is 110 cm³/mol. The lowest BCUT2D eigenvalue weighted by atomic mass is 9.91. The molecule has 8 nitrogen and oxygen atoms in total. The minimum Gasteiger partial charge on any atom is -0.466 e. The second-order valence-electron chi connectivity index (χ2n) is 7.76. The molecule has 2 aliphatic heterocycles. The van der Waals surface area contributed by atoms with Crippen molar-refractivity contribution in [2.75, 3.05) is 11.5 Å². The molecule has 0 fully saturated rings. The normalized spacial score (nSPS) is 25.2. The number of aliphatic hydroxyl groups excluding tert-OH is 2. The molecular formula is C20H22ClF4N3O5. The van der Waals surface area contributed by atoms with Crippen LogP contribution in [0.15, 0.2) is 29.1 Å². The number of allylic oxidation sites excluding steroid dienone is 1. The number of hydrogen-bond donors (Lipinski definition) is 3. The number of halogens is 5. The van der Waals surface area contributed by atoms with E-state index >= 15 is 0 Å². The van der Waals surface area contributed by atoms with Crippen LogP contribution in [-0.4, -0.2) is 52.9 Å². The fraction of sp³-hybridized carbons (Fsp3) is 0.500. The van der Waals surface area contributed by atoms with Gasteiger partial charge in [-0.25, -0.2) is 4.39 Å². The summed E-state index contributed by atoms with van der Waals surface area (Å²) in [6.45, 7) is 3.65. The summed E-state index contributed by atoms with van der Waals surface area (Å²) in [5.74, 6) is -1.39. The van der Waals surface area contributed by atoms with Crippen LogP contribution in [0.1, 0.15) is 38.7 Å². The highest BCUT2D eigenvalue weighted by Gasteiger charge is 2.42. The lowest BCUT2D eigenvalue weighted by molar-refractivity contribution is -0.144. The van der Waals surface area contributed by atoms with Crippen molar-refractivity contribution in [3.05, 3.63) is 40.3 Å². The molecule has 0 spiro atoms. The zero-order valence-electron chi connectivity index (χ0n) is 17.6. The maximum Gasteiger partial charge on any atom is 0.430 e. The highest BCUT2D eigenvalue weighted by atomic mass is 35.5. The fourth-order valence-corrected chi connectivity index (χ4v) is 3.76. The van der Waals surface area contributed by atoms with E-state index in [2.05, 4.69) is 5.16 Å². The predicted octanol–water partition coefficient (Wildman–Crippen LogP) is 3.16. The maximum absolute atomic E-state index is 14.7. The van der Waals surface area contributed by atoms with E-state index in [0.717, 1.165) is 12.1 Å². The van der Waals surface area contributed by atoms with Gasteiger partial charge in [0, 0.05) is 24.8 Å². The number of anilines is 1. The summed E-state index contributed by atoms with van der Waals surface area (Å²) in [4.78, 5) is 17.7. The van der Waals surface area contributed by atoms with Gasteiger partial charge >= 0.3 is 12.1 Å². The first kappa shape index (κ1) is 25.1. The molecule has 0 aromatic heterocycles. The lowest BCUT2D eigenvalue weighted by Crippen LogP contribution is -2.56. The molecule has 0 saturated heterocycles. The van der Waals surface area contributed by atoms with Gasteiger partial charge in [-0.2, -0.15) is 13.2 Å². The second-order valence-corrected chi connectivity index (χ2v) is 8.17. The Labute approximate surface area is 191 Å². The van der Waals surface area contributed by atoms with E-state index in [4.69, 9.17) is 21.2 Å². The van der Waals surface area contributed by atoms with Crippen molar-refractivity contribution in [1.82, 2.24) is 5.32 Å². The Balaban J connectivity index is 1.84. The Morgan fingerprint density at radius 1 is 1.42 bits per heavy atom. The first-order valence-corrected chi connectivity index (χ1v) is 10.3. The van der Waals surface area contributed by atoms with E-state index in [9.17, 15) is 32.6 Å². The number of hydrogen-bond acceptors (Lipinski definition) is 8. The van der Waals surface area contributed by atoms with Crippen LogP contribution >= 0.6 is 11.6 Å². The molecule has 0 radical (unpaired) electrons. The summed E-state index contributed by atoms with van der Waals surface area (Å²) in [5, 5.41) is 26.0. The summed E-state index contributed by atoms with van der Waals surface area (Å²) in [5.41, 5.74) is -2.15. The van der Waals surface area contributed by atoms with Gasteiger partial charge in [0.15, 0.2) is 6.23 Å². The molecule has 2 heterocycles. The number of ether oxygens (including phenoxy) is 1. The van der Waals surface area contributed by atoms with Crippen LogP contribution in [0.25, 0.3) is 0 Å². The van der Waals surface area contributed by atoms with Crippen LogP contribution in [0.4, 0.5) is 23.2 Å². The number of aliphatic hydroxyl groups is 2. The Hall–Kier alpha value is -2.57. The van der Waals surface area contributed by atoms with E-state index in [1.54, 1.807) is 19.2 Å². The number of carbonyl (C=O) groups excluding carboxylic acids is 1. The molecule has 0 saturated carbocycles. The number of alkyl halides is 3. The quantitative estimate of drug-likeness (QED) is 0.411. The van der Waals surface area contributed by atoms with Gasteiger partial charge < -0.3 is 25.1 Å². The Morgan fingerprint density at radius 2 is 2.12 bits per heavy atom. The van der Waals surface area contributed by atoms with Gasteiger partial charge in [-0.1, -0.05) is 16.8 Å². The van der Waals surface area contributed by atoms with Crippen molar-refractivity contribution < 1.29 is 42.1 Å². The number of oxime groups is 1. The lowest BCUT2D eigenvalue weighted by Gasteiger charge is -2.38. The number of rotatable bonds is 6. The monoisotopic (exact) mass is 495 g/mol. The Bertz CT molecular complexity index is 987. The number of carbonyl (C=O) groups is 1. The molecule has 2 aliphatic rings. The van der Waals surface area contributed by atoms with Crippen LogP contribution in [0, 0.1) is 5.82 Å². The third kappa shape index (κ3) is 5.50. The first-order chi connectivity index (χ1) is 15.3. The number of benzene rings is 1. The molecule has 3 unspecified atom stereocenters. The molecule has 182 valence electrons. The topological polar surface area (TPSA) is 104 Å². The van der Waals surface area contributed by atoms with Crippen LogP contribution < -0.4 is 10.2 Å². The van der Waals surface area contributed by atoms with Crippen LogP contribution in [0.2, 0.25) is 5.02 Å². The SMILES string of the molecule is CCOC(=O)CCC1(C)CC(c2cc(N3C(O)C=C(C(F)(F)F)NC3O)c(F)cc2Cl)=NO1. The Kier molecular flexibility index (Phi) is 7.10. The second kappa shape index (κ2) is 9.35. The minimum absolute atomic E-state index is 0.0614. The van der Waals surface area contributed by atoms with Crippen LogP contribution in [0.3, 0.4) is 0 Å². The molecule has 3 N–H and O–H groups in total.